The van der Waals surface area contributed by atoms with E-state index >= 15 is 0 Å². The Morgan fingerprint density at radius 1 is 1.55 bits per heavy atom. The molecule has 1 aromatic rings. The van der Waals surface area contributed by atoms with E-state index < -0.39 is 5.54 Å². The highest BCUT2D eigenvalue weighted by atomic mass is 32.1. The van der Waals surface area contributed by atoms with Crippen LogP contribution in [-0.2, 0) is 16.1 Å². The molecule has 1 amide bonds. The van der Waals surface area contributed by atoms with Crippen LogP contribution in [0.2, 0.25) is 0 Å². The Kier molecular flexibility index (Phi) is 5.57. The predicted octanol–water partition coefficient (Wildman–Crippen LogP) is 2.26. The molecule has 1 fully saturated rings. The number of amides is 1. The summed E-state index contributed by atoms with van der Waals surface area (Å²) in [6, 6.07) is 4.11. The molecule has 0 bridgehead atoms. The summed E-state index contributed by atoms with van der Waals surface area (Å²) in [6.45, 7) is 4.86. The maximum Gasteiger partial charge on any atom is 0.242 e. The first-order chi connectivity index (χ1) is 9.65. The van der Waals surface area contributed by atoms with Gasteiger partial charge in [-0.3, -0.25) is 4.79 Å². The van der Waals surface area contributed by atoms with E-state index in [0.29, 0.717) is 19.7 Å². The third-order valence-corrected chi connectivity index (χ3v) is 4.73. The highest BCUT2D eigenvalue weighted by molar-refractivity contribution is 7.09. The molecule has 1 aromatic heterocycles. The number of nitrogens with zero attached hydrogens (tertiary/aromatic N) is 1. The van der Waals surface area contributed by atoms with E-state index in [2.05, 4.69) is 16.8 Å². The van der Waals surface area contributed by atoms with E-state index in [4.69, 9.17) is 4.74 Å². The average molecular weight is 296 g/mol. The molecule has 2 heterocycles. The molecule has 112 valence electrons. The van der Waals surface area contributed by atoms with Crippen molar-refractivity contribution >= 4 is 17.2 Å². The first kappa shape index (κ1) is 15.5. The van der Waals surface area contributed by atoms with Crippen LogP contribution < -0.4 is 5.32 Å². The first-order valence-electron chi connectivity index (χ1n) is 7.21. The molecule has 1 unspecified atom stereocenters. The topological polar surface area (TPSA) is 41.6 Å². The molecule has 1 aliphatic heterocycles. The van der Waals surface area contributed by atoms with Gasteiger partial charge in [-0.15, -0.1) is 11.3 Å². The number of thiophene rings is 1. The highest BCUT2D eigenvalue weighted by Gasteiger charge is 2.37. The van der Waals surface area contributed by atoms with E-state index in [-0.39, 0.29) is 5.91 Å². The molecule has 1 aliphatic rings. The minimum atomic E-state index is -0.413. The Morgan fingerprint density at radius 2 is 2.40 bits per heavy atom. The van der Waals surface area contributed by atoms with Crippen molar-refractivity contribution < 1.29 is 9.53 Å². The van der Waals surface area contributed by atoms with E-state index in [1.807, 2.05) is 17.9 Å². The lowest BCUT2D eigenvalue weighted by atomic mass is 9.89. The molecule has 0 aliphatic carbocycles. The summed E-state index contributed by atoms with van der Waals surface area (Å²) in [7, 11) is 1.67. The zero-order chi connectivity index (χ0) is 14.4. The van der Waals surface area contributed by atoms with Crippen molar-refractivity contribution in [3.05, 3.63) is 22.4 Å². The maximum atomic E-state index is 12.9. The quantitative estimate of drug-likeness (QED) is 0.875. The second-order valence-electron chi connectivity index (χ2n) is 5.51. The number of methoxy groups -OCH3 is 1. The summed E-state index contributed by atoms with van der Waals surface area (Å²) >= 11 is 1.69. The zero-order valence-corrected chi connectivity index (χ0v) is 13.2. The van der Waals surface area contributed by atoms with Crippen molar-refractivity contribution in [2.75, 3.05) is 26.8 Å². The standard InChI is InChI=1S/C15H24N2O2S/c1-15(7-3-4-8-16-15)14(18)17(9-10-19-2)12-13-6-5-11-20-13/h5-6,11,16H,3-4,7-10,12H2,1-2H3. The van der Waals surface area contributed by atoms with Gasteiger partial charge < -0.3 is 15.0 Å². The molecule has 1 N–H and O–H groups in total. The van der Waals surface area contributed by atoms with E-state index in [0.717, 1.165) is 25.8 Å². The normalized spacial score (nSPS) is 22.7. The number of carbonyl (C=O) groups excluding carboxylic acids is 1. The van der Waals surface area contributed by atoms with Crippen molar-refractivity contribution in [3.8, 4) is 0 Å². The number of rotatable bonds is 6. The van der Waals surface area contributed by atoms with E-state index in [1.165, 1.54) is 4.88 Å². The van der Waals surface area contributed by atoms with Gasteiger partial charge >= 0.3 is 0 Å². The van der Waals surface area contributed by atoms with Crippen LogP contribution >= 0.6 is 11.3 Å². The molecule has 0 spiro atoms. The molecule has 1 saturated heterocycles. The Labute approximate surface area is 125 Å². The van der Waals surface area contributed by atoms with Crippen LogP contribution in [0, 0.1) is 0 Å². The number of hydrogen-bond donors (Lipinski definition) is 1. The number of piperidine rings is 1. The average Bonchev–Trinajstić information content (AvgIpc) is 2.96. The Bertz CT molecular complexity index is 414. The van der Waals surface area contributed by atoms with Gasteiger partial charge in [0.1, 0.15) is 0 Å². The largest absolute Gasteiger partial charge is 0.383 e. The maximum absolute atomic E-state index is 12.9. The van der Waals surface area contributed by atoms with Gasteiger partial charge in [-0.1, -0.05) is 6.07 Å². The summed E-state index contributed by atoms with van der Waals surface area (Å²) in [5.74, 6) is 0.197. The molecular weight excluding hydrogens is 272 g/mol. The monoisotopic (exact) mass is 296 g/mol. The number of nitrogens with one attached hydrogen (secondary N) is 1. The third kappa shape index (κ3) is 3.81. The zero-order valence-electron chi connectivity index (χ0n) is 12.4. The lowest BCUT2D eigenvalue weighted by Crippen LogP contribution is -2.58. The summed E-state index contributed by atoms with van der Waals surface area (Å²) in [5, 5.41) is 5.45. The first-order valence-corrected chi connectivity index (χ1v) is 8.09. The van der Waals surface area contributed by atoms with Gasteiger partial charge in [-0.2, -0.15) is 0 Å². The summed E-state index contributed by atoms with van der Waals surface area (Å²) < 4.78 is 5.15. The van der Waals surface area contributed by atoms with Crippen molar-refractivity contribution in [2.24, 2.45) is 0 Å². The minimum Gasteiger partial charge on any atom is -0.383 e. The molecule has 0 aromatic carbocycles. The van der Waals surface area contributed by atoms with E-state index in [1.54, 1.807) is 18.4 Å². The van der Waals surface area contributed by atoms with Gasteiger partial charge in [0.15, 0.2) is 0 Å². The van der Waals surface area contributed by atoms with E-state index in [9.17, 15) is 4.79 Å². The summed E-state index contributed by atoms with van der Waals surface area (Å²) in [6.07, 6.45) is 3.19. The Morgan fingerprint density at radius 3 is 3.00 bits per heavy atom. The van der Waals surface area contributed by atoms with Crippen LogP contribution in [0.15, 0.2) is 17.5 Å². The molecule has 4 nitrogen and oxygen atoms in total. The molecule has 2 rings (SSSR count). The fourth-order valence-corrected chi connectivity index (χ4v) is 3.35. The Hall–Kier alpha value is -0.910. The SMILES string of the molecule is COCCN(Cc1cccs1)C(=O)C1(C)CCCCN1. The fourth-order valence-electron chi connectivity index (χ4n) is 2.63. The Balaban J connectivity index is 2.06. The molecule has 20 heavy (non-hydrogen) atoms. The van der Waals surface area contributed by atoms with Crippen LogP contribution in [-0.4, -0.2) is 43.2 Å². The van der Waals surface area contributed by atoms with Gasteiger partial charge in [0.05, 0.1) is 18.7 Å². The van der Waals surface area contributed by atoms with Crippen LogP contribution in [0.4, 0.5) is 0 Å². The van der Waals surface area contributed by atoms with Crippen molar-refractivity contribution in [3.63, 3.8) is 0 Å². The third-order valence-electron chi connectivity index (χ3n) is 3.87. The smallest absolute Gasteiger partial charge is 0.242 e. The lowest BCUT2D eigenvalue weighted by molar-refractivity contribution is -0.140. The molecule has 0 saturated carbocycles. The second-order valence-corrected chi connectivity index (χ2v) is 6.55. The minimum absolute atomic E-state index is 0.197. The molecule has 0 radical (unpaired) electrons. The number of carbonyl (C=O) groups is 1. The molecule has 1 atom stereocenters. The van der Waals surface area contributed by atoms with Crippen LogP contribution in [0.3, 0.4) is 0 Å². The van der Waals surface area contributed by atoms with Gasteiger partial charge in [0.25, 0.3) is 0 Å². The van der Waals surface area contributed by atoms with Crippen molar-refractivity contribution in [1.82, 2.24) is 10.2 Å². The van der Waals surface area contributed by atoms with Gasteiger partial charge in [0.2, 0.25) is 5.91 Å². The predicted molar refractivity (Wildman–Crippen MR) is 81.9 cm³/mol. The van der Waals surface area contributed by atoms with Crippen LogP contribution in [0.5, 0.6) is 0 Å². The van der Waals surface area contributed by atoms with Crippen molar-refractivity contribution in [2.45, 2.75) is 38.3 Å². The summed E-state index contributed by atoms with van der Waals surface area (Å²) in [4.78, 5) is 16.0. The van der Waals surface area contributed by atoms with Crippen molar-refractivity contribution in [1.29, 1.82) is 0 Å². The molecule has 5 heteroatoms. The van der Waals surface area contributed by atoms with Gasteiger partial charge in [0, 0.05) is 18.5 Å². The number of hydrogen-bond acceptors (Lipinski definition) is 4. The fraction of sp³-hybridized carbons (Fsp3) is 0.667. The van der Waals surface area contributed by atoms with Gasteiger partial charge in [-0.25, -0.2) is 0 Å². The van der Waals surface area contributed by atoms with Gasteiger partial charge in [-0.05, 0) is 44.2 Å². The van der Waals surface area contributed by atoms with Crippen LogP contribution in [0.25, 0.3) is 0 Å². The van der Waals surface area contributed by atoms with Crippen LogP contribution in [0.1, 0.15) is 31.1 Å². The highest BCUT2D eigenvalue weighted by Crippen LogP contribution is 2.23. The lowest BCUT2D eigenvalue weighted by Gasteiger charge is -2.38. The second kappa shape index (κ2) is 7.20. The summed E-state index contributed by atoms with van der Waals surface area (Å²) in [5.41, 5.74) is -0.413. The number of ether oxygens (including phenoxy) is 1. The molecular formula is C15H24N2O2S.